The quantitative estimate of drug-likeness (QED) is 0.383. The summed E-state index contributed by atoms with van der Waals surface area (Å²) < 4.78 is 10.7. The number of rotatable bonds is 6. The summed E-state index contributed by atoms with van der Waals surface area (Å²) >= 11 is 1.96. The monoisotopic (exact) mass is 480 g/mol. The third-order valence-electron chi connectivity index (χ3n) is 4.18. The van der Waals surface area contributed by atoms with Crippen LogP contribution in [0.2, 0.25) is 0 Å². The third-order valence-corrected chi connectivity index (χ3v) is 5.12. The van der Waals surface area contributed by atoms with Crippen molar-refractivity contribution >= 4 is 41.7 Å². The van der Waals surface area contributed by atoms with Gasteiger partial charge in [-0.1, -0.05) is 6.07 Å². The zero-order valence-corrected chi connectivity index (χ0v) is 18.5. The van der Waals surface area contributed by atoms with Crippen molar-refractivity contribution in [2.45, 2.75) is 6.04 Å². The number of hydrogen-bond donors (Lipinski definition) is 1. The zero-order valence-electron chi connectivity index (χ0n) is 15.4. The molecule has 0 aliphatic carbocycles. The predicted molar refractivity (Wildman–Crippen MR) is 117 cm³/mol. The van der Waals surface area contributed by atoms with Gasteiger partial charge in [0.1, 0.15) is 0 Å². The van der Waals surface area contributed by atoms with E-state index >= 15 is 0 Å². The fourth-order valence-electron chi connectivity index (χ4n) is 2.70. The van der Waals surface area contributed by atoms with E-state index < -0.39 is 0 Å². The summed E-state index contributed by atoms with van der Waals surface area (Å²) in [5.41, 5.74) is 7.31. The van der Waals surface area contributed by atoms with Crippen molar-refractivity contribution < 1.29 is 9.47 Å². The number of hydrogen-bond acceptors (Lipinski definition) is 5. The maximum absolute atomic E-state index is 6.18. The molecule has 0 amide bonds. The van der Waals surface area contributed by atoms with E-state index in [4.69, 9.17) is 15.2 Å². The molecule has 0 spiro atoms. The Morgan fingerprint density at radius 3 is 2.44 bits per heavy atom. The van der Waals surface area contributed by atoms with Crippen LogP contribution in [-0.2, 0) is 0 Å². The van der Waals surface area contributed by atoms with Crippen molar-refractivity contribution in [2.24, 2.45) is 10.7 Å². The van der Waals surface area contributed by atoms with Crippen molar-refractivity contribution in [1.29, 1.82) is 0 Å². The first-order valence-corrected chi connectivity index (χ1v) is 9.23. The molecule has 0 aromatic heterocycles. The fourth-order valence-corrected chi connectivity index (χ4v) is 3.60. The lowest BCUT2D eigenvalue weighted by Crippen LogP contribution is -2.43. The SMILES string of the molecule is COc1ccc(C(CN=C(N)N2CCSCC2)N(C)C)cc1OC.I. The van der Waals surface area contributed by atoms with E-state index in [0.29, 0.717) is 12.5 Å². The highest BCUT2D eigenvalue weighted by Crippen LogP contribution is 2.31. The van der Waals surface area contributed by atoms with Gasteiger partial charge in [0.2, 0.25) is 0 Å². The molecular weight excluding hydrogens is 451 g/mol. The molecular formula is C17H29IN4O2S. The number of guanidine groups is 1. The van der Waals surface area contributed by atoms with Crippen molar-refractivity contribution in [3.8, 4) is 11.5 Å². The third kappa shape index (κ3) is 6.10. The van der Waals surface area contributed by atoms with Gasteiger partial charge in [-0.05, 0) is 31.8 Å². The molecule has 1 fully saturated rings. The Morgan fingerprint density at radius 1 is 1.24 bits per heavy atom. The molecule has 1 aliphatic rings. The van der Waals surface area contributed by atoms with Crippen LogP contribution < -0.4 is 15.2 Å². The van der Waals surface area contributed by atoms with Crippen LogP contribution in [0.1, 0.15) is 11.6 Å². The average molecular weight is 480 g/mol. The highest BCUT2D eigenvalue weighted by atomic mass is 127. The Hall–Kier alpha value is -0.870. The van der Waals surface area contributed by atoms with Crippen molar-refractivity contribution in [3.05, 3.63) is 23.8 Å². The minimum absolute atomic E-state index is 0. The van der Waals surface area contributed by atoms with Crippen LogP contribution in [0.25, 0.3) is 0 Å². The maximum Gasteiger partial charge on any atom is 0.191 e. The lowest BCUT2D eigenvalue weighted by Gasteiger charge is -2.28. The zero-order chi connectivity index (χ0) is 17.5. The van der Waals surface area contributed by atoms with Gasteiger partial charge in [0.25, 0.3) is 0 Å². The maximum atomic E-state index is 6.18. The van der Waals surface area contributed by atoms with Crippen LogP contribution in [0.15, 0.2) is 23.2 Å². The molecule has 8 heteroatoms. The normalized spacial score (nSPS) is 16.4. The lowest BCUT2D eigenvalue weighted by molar-refractivity contribution is 0.302. The van der Waals surface area contributed by atoms with Gasteiger partial charge < -0.3 is 25.0 Å². The van der Waals surface area contributed by atoms with Crippen LogP contribution in [-0.4, -0.2) is 75.2 Å². The molecule has 0 bridgehead atoms. The molecule has 0 radical (unpaired) electrons. The summed E-state index contributed by atoms with van der Waals surface area (Å²) in [4.78, 5) is 8.95. The van der Waals surface area contributed by atoms with Crippen molar-refractivity contribution in [3.63, 3.8) is 0 Å². The molecule has 2 N–H and O–H groups in total. The number of thioether (sulfide) groups is 1. The number of aliphatic imine (C=N–C) groups is 1. The molecule has 2 rings (SSSR count). The van der Waals surface area contributed by atoms with Gasteiger partial charge in [-0.15, -0.1) is 24.0 Å². The first-order chi connectivity index (χ1) is 11.6. The summed E-state index contributed by atoms with van der Waals surface area (Å²) in [5, 5.41) is 0. The number of benzene rings is 1. The second-order valence-electron chi connectivity index (χ2n) is 5.89. The molecule has 1 aromatic rings. The molecule has 142 valence electrons. The summed E-state index contributed by atoms with van der Waals surface area (Å²) in [6, 6.07) is 6.12. The van der Waals surface area contributed by atoms with Crippen LogP contribution in [0.3, 0.4) is 0 Å². The molecule has 1 heterocycles. The number of nitrogens with zero attached hydrogens (tertiary/aromatic N) is 3. The van der Waals surface area contributed by atoms with Gasteiger partial charge in [0.05, 0.1) is 26.8 Å². The first-order valence-electron chi connectivity index (χ1n) is 8.07. The average Bonchev–Trinajstić information content (AvgIpc) is 2.61. The number of ether oxygens (including phenoxy) is 2. The smallest absolute Gasteiger partial charge is 0.191 e. The first kappa shape index (κ1) is 22.2. The Bertz CT molecular complexity index is 566. The predicted octanol–water partition coefficient (Wildman–Crippen LogP) is 2.29. The molecule has 25 heavy (non-hydrogen) atoms. The minimum Gasteiger partial charge on any atom is -0.493 e. The number of nitrogens with two attached hydrogens (primary N) is 1. The van der Waals surface area contributed by atoms with Gasteiger partial charge in [0, 0.05) is 24.6 Å². The van der Waals surface area contributed by atoms with Crippen LogP contribution >= 0.6 is 35.7 Å². The van der Waals surface area contributed by atoms with Crippen LogP contribution in [0, 0.1) is 0 Å². The van der Waals surface area contributed by atoms with Gasteiger partial charge in [-0.25, -0.2) is 0 Å². The van der Waals surface area contributed by atoms with E-state index in [1.807, 2.05) is 38.0 Å². The standard InChI is InChI=1S/C17H28N4O2S.HI/c1-20(2)14(12-19-17(18)21-7-9-24-10-8-21)13-5-6-15(22-3)16(11-13)23-4;/h5-6,11,14H,7-10,12H2,1-4H3,(H2,18,19);1H. The van der Waals surface area contributed by atoms with Crippen molar-refractivity contribution in [1.82, 2.24) is 9.80 Å². The van der Waals surface area contributed by atoms with E-state index in [-0.39, 0.29) is 30.0 Å². The Kier molecular flexibility index (Phi) is 9.73. The Morgan fingerprint density at radius 2 is 1.88 bits per heavy atom. The van der Waals surface area contributed by atoms with Gasteiger partial charge in [-0.3, -0.25) is 4.99 Å². The van der Waals surface area contributed by atoms with Crippen molar-refractivity contribution in [2.75, 3.05) is 59.5 Å². The molecule has 0 saturated carbocycles. The fraction of sp³-hybridized carbons (Fsp3) is 0.588. The van der Waals surface area contributed by atoms with Crippen LogP contribution in [0.5, 0.6) is 11.5 Å². The van der Waals surface area contributed by atoms with Crippen LogP contribution in [0.4, 0.5) is 0 Å². The molecule has 1 aliphatic heterocycles. The topological polar surface area (TPSA) is 63.3 Å². The molecule has 1 unspecified atom stereocenters. The van der Waals surface area contributed by atoms with E-state index in [2.05, 4.69) is 20.9 Å². The summed E-state index contributed by atoms with van der Waals surface area (Å²) in [5.74, 6) is 4.33. The van der Waals surface area contributed by atoms with Gasteiger partial charge in [0.15, 0.2) is 17.5 Å². The molecule has 1 atom stereocenters. The lowest BCUT2D eigenvalue weighted by atomic mass is 10.1. The molecule has 1 aromatic carbocycles. The minimum atomic E-state index is 0. The molecule has 6 nitrogen and oxygen atoms in total. The Balaban J connectivity index is 0.00000312. The van der Waals surface area contributed by atoms with E-state index in [1.165, 1.54) is 0 Å². The van der Waals surface area contributed by atoms with E-state index in [9.17, 15) is 0 Å². The Labute approximate surface area is 172 Å². The van der Waals surface area contributed by atoms with E-state index in [0.717, 1.165) is 41.7 Å². The second-order valence-corrected chi connectivity index (χ2v) is 7.12. The number of methoxy groups -OCH3 is 2. The van der Waals surface area contributed by atoms with Gasteiger partial charge in [-0.2, -0.15) is 11.8 Å². The highest BCUT2D eigenvalue weighted by molar-refractivity contribution is 14.0. The van der Waals surface area contributed by atoms with Gasteiger partial charge >= 0.3 is 0 Å². The number of likely N-dealkylation sites (N-methyl/N-ethyl adjacent to an activating group) is 1. The highest BCUT2D eigenvalue weighted by Gasteiger charge is 2.18. The summed E-state index contributed by atoms with van der Waals surface area (Å²) in [6.45, 7) is 2.56. The summed E-state index contributed by atoms with van der Waals surface area (Å²) in [7, 11) is 7.38. The largest absolute Gasteiger partial charge is 0.493 e. The number of halogens is 1. The second kappa shape index (κ2) is 11.0. The molecule has 1 saturated heterocycles. The van der Waals surface area contributed by atoms with E-state index in [1.54, 1.807) is 14.2 Å². The summed E-state index contributed by atoms with van der Waals surface area (Å²) in [6.07, 6.45) is 0.